The van der Waals surface area contributed by atoms with Gasteiger partial charge in [0.1, 0.15) is 11.5 Å². The fraction of sp³-hybridized carbons (Fsp3) is 0.231. The van der Waals surface area contributed by atoms with Crippen LogP contribution in [0.3, 0.4) is 0 Å². The van der Waals surface area contributed by atoms with Crippen LogP contribution in [-0.2, 0) is 17.8 Å². The number of nitrogens with one attached hydrogen (secondary N) is 1. The molecule has 2 aromatic heterocycles. The summed E-state index contributed by atoms with van der Waals surface area (Å²) in [5.41, 5.74) is 2.11. The van der Waals surface area contributed by atoms with Crippen molar-refractivity contribution < 1.29 is 13.9 Å². The van der Waals surface area contributed by atoms with Crippen LogP contribution in [0.5, 0.6) is 0 Å². The quantitative estimate of drug-likeness (QED) is 0.825. The maximum absolute atomic E-state index is 12.9. The smallest absolute Gasteiger partial charge is 0.357 e. The number of aromatic nitrogens is 3. The lowest BCUT2D eigenvalue weighted by Crippen LogP contribution is -2.12. The molecule has 0 fully saturated rings. The van der Waals surface area contributed by atoms with Gasteiger partial charge < -0.3 is 10.1 Å². The molecule has 0 saturated carbocycles. The average molecular weight is 274 g/mol. The standard InChI is InChI=1S/C13H11FN4O2/c1-20-13(19)11-8-5-15-6-10(8)17-12(18-11)9-3-2-7(14)4-16-9/h2-4,15H,5-6H2,1H3. The van der Waals surface area contributed by atoms with Crippen LogP contribution in [0, 0.1) is 5.82 Å². The molecule has 1 aliphatic heterocycles. The first-order chi connectivity index (χ1) is 9.69. The van der Waals surface area contributed by atoms with Crippen LogP contribution >= 0.6 is 0 Å². The number of nitrogens with zero attached hydrogens (tertiary/aromatic N) is 3. The fourth-order valence-corrected chi connectivity index (χ4v) is 2.06. The van der Waals surface area contributed by atoms with Crippen molar-refractivity contribution in [1.82, 2.24) is 20.3 Å². The Labute approximate surface area is 114 Å². The maximum atomic E-state index is 12.9. The van der Waals surface area contributed by atoms with E-state index in [0.717, 1.165) is 17.5 Å². The normalized spacial score (nSPS) is 13.1. The molecule has 1 aliphatic rings. The number of esters is 1. The Bertz CT molecular complexity index is 673. The molecule has 0 saturated heterocycles. The van der Waals surface area contributed by atoms with Crippen molar-refractivity contribution in [3.05, 3.63) is 41.1 Å². The molecule has 0 aromatic carbocycles. The molecule has 0 amide bonds. The molecule has 7 heteroatoms. The highest BCUT2D eigenvalue weighted by Gasteiger charge is 2.24. The first-order valence-corrected chi connectivity index (χ1v) is 6.00. The second-order valence-electron chi connectivity index (χ2n) is 4.28. The third-order valence-electron chi connectivity index (χ3n) is 3.02. The van der Waals surface area contributed by atoms with Crippen LogP contribution in [0.4, 0.5) is 4.39 Å². The van der Waals surface area contributed by atoms with Gasteiger partial charge in [0.15, 0.2) is 11.5 Å². The van der Waals surface area contributed by atoms with Crippen LogP contribution < -0.4 is 5.32 Å². The molecule has 0 bridgehead atoms. The van der Waals surface area contributed by atoms with Gasteiger partial charge in [0.25, 0.3) is 0 Å². The maximum Gasteiger partial charge on any atom is 0.357 e. The van der Waals surface area contributed by atoms with E-state index in [-0.39, 0.29) is 11.5 Å². The topological polar surface area (TPSA) is 77.0 Å². The van der Waals surface area contributed by atoms with Crippen molar-refractivity contribution >= 4 is 5.97 Å². The summed E-state index contributed by atoms with van der Waals surface area (Å²) in [4.78, 5) is 24.3. The van der Waals surface area contributed by atoms with E-state index >= 15 is 0 Å². The predicted octanol–water partition coefficient (Wildman–Crippen LogP) is 1.07. The molecule has 3 heterocycles. The van der Waals surface area contributed by atoms with Crippen molar-refractivity contribution in [3.8, 4) is 11.5 Å². The minimum atomic E-state index is -0.518. The molecule has 20 heavy (non-hydrogen) atoms. The van der Waals surface area contributed by atoms with Gasteiger partial charge in [0.05, 0.1) is 19.0 Å². The number of carbonyl (C=O) groups is 1. The molecular formula is C13H11FN4O2. The summed E-state index contributed by atoms with van der Waals surface area (Å²) < 4.78 is 17.6. The zero-order valence-electron chi connectivity index (χ0n) is 10.7. The van der Waals surface area contributed by atoms with E-state index in [1.54, 1.807) is 0 Å². The number of halogens is 1. The molecule has 0 atom stereocenters. The van der Waals surface area contributed by atoms with E-state index in [4.69, 9.17) is 4.74 Å². The van der Waals surface area contributed by atoms with Gasteiger partial charge in [-0.05, 0) is 12.1 Å². The van der Waals surface area contributed by atoms with Crippen molar-refractivity contribution in [2.45, 2.75) is 13.1 Å². The molecule has 0 aliphatic carbocycles. The highest BCUT2D eigenvalue weighted by molar-refractivity contribution is 5.89. The number of fused-ring (bicyclic) bond motifs is 1. The Balaban J connectivity index is 2.13. The Morgan fingerprint density at radius 1 is 1.35 bits per heavy atom. The molecule has 0 radical (unpaired) electrons. The molecule has 6 nitrogen and oxygen atoms in total. The molecule has 1 N–H and O–H groups in total. The largest absolute Gasteiger partial charge is 0.464 e. The van der Waals surface area contributed by atoms with Crippen LogP contribution in [0.1, 0.15) is 21.7 Å². The zero-order valence-corrected chi connectivity index (χ0v) is 10.7. The van der Waals surface area contributed by atoms with Crippen molar-refractivity contribution in [1.29, 1.82) is 0 Å². The van der Waals surface area contributed by atoms with E-state index in [2.05, 4.69) is 20.3 Å². The van der Waals surface area contributed by atoms with Gasteiger partial charge in [-0.2, -0.15) is 0 Å². The molecular weight excluding hydrogens is 263 g/mol. The molecule has 0 unspecified atom stereocenters. The first-order valence-electron chi connectivity index (χ1n) is 6.00. The van der Waals surface area contributed by atoms with Crippen LogP contribution in [-0.4, -0.2) is 28.0 Å². The Morgan fingerprint density at radius 2 is 2.20 bits per heavy atom. The highest BCUT2D eigenvalue weighted by atomic mass is 19.1. The zero-order chi connectivity index (χ0) is 14.1. The minimum absolute atomic E-state index is 0.226. The number of methoxy groups -OCH3 is 1. The van der Waals surface area contributed by atoms with E-state index in [0.29, 0.717) is 18.8 Å². The van der Waals surface area contributed by atoms with Crippen molar-refractivity contribution in [3.63, 3.8) is 0 Å². The fourth-order valence-electron chi connectivity index (χ4n) is 2.06. The van der Waals surface area contributed by atoms with Gasteiger partial charge in [0.2, 0.25) is 0 Å². The van der Waals surface area contributed by atoms with Gasteiger partial charge in [-0.25, -0.2) is 24.1 Å². The van der Waals surface area contributed by atoms with Crippen LogP contribution in [0.2, 0.25) is 0 Å². The molecule has 2 aromatic rings. The summed E-state index contributed by atoms with van der Waals surface area (Å²) in [6, 6.07) is 2.75. The second-order valence-corrected chi connectivity index (χ2v) is 4.28. The number of carbonyl (C=O) groups excluding carboxylic acids is 1. The van der Waals surface area contributed by atoms with E-state index in [1.807, 2.05) is 0 Å². The number of ether oxygens (including phenoxy) is 1. The van der Waals surface area contributed by atoms with Gasteiger partial charge in [0, 0.05) is 18.7 Å². The number of rotatable bonds is 2. The monoisotopic (exact) mass is 274 g/mol. The lowest BCUT2D eigenvalue weighted by Gasteiger charge is -2.07. The molecule has 3 rings (SSSR count). The van der Waals surface area contributed by atoms with Crippen molar-refractivity contribution in [2.75, 3.05) is 7.11 Å². The highest BCUT2D eigenvalue weighted by Crippen LogP contribution is 2.22. The van der Waals surface area contributed by atoms with Gasteiger partial charge >= 0.3 is 5.97 Å². The minimum Gasteiger partial charge on any atom is -0.464 e. The lowest BCUT2D eigenvalue weighted by atomic mass is 10.2. The third-order valence-corrected chi connectivity index (χ3v) is 3.02. The lowest BCUT2D eigenvalue weighted by molar-refractivity contribution is 0.0592. The Morgan fingerprint density at radius 3 is 2.90 bits per heavy atom. The SMILES string of the molecule is COC(=O)c1nc(-c2ccc(F)cn2)nc2c1CNC2. The van der Waals surface area contributed by atoms with E-state index in [9.17, 15) is 9.18 Å². The van der Waals surface area contributed by atoms with E-state index in [1.165, 1.54) is 19.2 Å². The van der Waals surface area contributed by atoms with Gasteiger partial charge in [-0.3, -0.25) is 0 Å². The molecule has 102 valence electrons. The van der Waals surface area contributed by atoms with Crippen LogP contribution in [0.15, 0.2) is 18.3 Å². The van der Waals surface area contributed by atoms with Crippen molar-refractivity contribution in [2.24, 2.45) is 0 Å². The number of hydrogen-bond acceptors (Lipinski definition) is 6. The van der Waals surface area contributed by atoms with Crippen LogP contribution in [0.25, 0.3) is 11.5 Å². The summed E-state index contributed by atoms with van der Waals surface area (Å²) in [6.45, 7) is 1.08. The Hall–Kier alpha value is -2.41. The second kappa shape index (κ2) is 4.93. The van der Waals surface area contributed by atoms with E-state index < -0.39 is 11.8 Å². The summed E-state index contributed by atoms with van der Waals surface area (Å²) >= 11 is 0. The number of pyridine rings is 1. The summed E-state index contributed by atoms with van der Waals surface area (Å²) in [5.74, 6) is -0.673. The Kier molecular flexibility index (Phi) is 3.11. The summed E-state index contributed by atoms with van der Waals surface area (Å²) in [7, 11) is 1.30. The van der Waals surface area contributed by atoms with Gasteiger partial charge in [-0.15, -0.1) is 0 Å². The average Bonchev–Trinajstić information content (AvgIpc) is 2.94. The number of hydrogen-bond donors (Lipinski definition) is 1. The first kappa shape index (κ1) is 12.6. The molecule has 0 spiro atoms. The summed E-state index contributed by atoms with van der Waals surface area (Å²) in [6.07, 6.45) is 1.09. The predicted molar refractivity (Wildman–Crippen MR) is 67.1 cm³/mol. The summed E-state index contributed by atoms with van der Waals surface area (Å²) in [5, 5.41) is 3.10. The van der Waals surface area contributed by atoms with Gasteiger partial charge in [-0.1, -0.05) is 0 Å². The third kappa shape index (κ3) is 2.12.